The third-order valence-electron chi connectivity index (χ3n) is 5.54. The number of carbonyl (C=O) groups excluding carboxylic acids is 1. The summed E-state index contributed by atoms with van der Waals surface area (Å²) in [7, 11) is 1.53. The molecule has 0 bridgehead atoms. The van der Waals surface area contributed by atoms with Crippen LogP contribution < -0.4 is 19.9 Å². The van der Waals surface area contributed by atoms with Gasteiger partial charge in [0.15, 0.2) is 0 Å². The monoisotopic (exact) mass is 442 g/mol. The first-order valence-electron chi connectivity index (χ1n) is 10.8. The van der Waals surface area contributed by atoms with E-state index in [2.05, 4.69) is 4.98 Å². The van der Waals surface area contributed by atoms with Gasteiger partial charge in [0.05, 0.1) is 31.3 Å². The second-order valence-corrected chi connectivity index (χ2v) is 7.68. The van der Waals surface area contributed by atoms with E-state index in [4.69, 9.17) is 9.47 Å². The number of rotatable bonds is 7. The van der Waals surface area contributed by atoms with Crippen LogP contribution in [0.15, 0.2) is 77.6 Å². The van der Waals surface area contributed by atoms with Crippen LogP contribution in [0.1, 0.15) is 28.4 Å². The molecule has 3 aromatic carbocycles. The number of hydrogen-bond acceptors (Lipinski definition) is 4. The predicted molar refractivity (Wildman–Crippen MR) is 130 cm³/mol. The molecule has 0 aliphatic carbocycles. The smallest absolute Gasteiger partial charge is 0.262 e. The van der Waals surface area contributed by atoms with Crippen LogP contribution in [0.4, 0.5) is 5.69 Å². The van der Waals surface area contributed by atoms with Crippen molar-refractivity contribution in [2.45, 2.75) is 20.4 Å². The van der Waals surface area contributed by atoms with Crippen molar-refractivity contribution in [3.63, 3.8) is 0 Å². The predicted octanol–water partition coefficient (Wildman–Crippen LogP) is 5.09. The standard InChI is InChI=1S/C27H26N2O4/c1-4-33-22-14-12-21(13-15-22)29(27(31)23-10-5-6-11-24(23)32-3)17-20-16-19-9-7-8-18(2)25(19)28-26(20)30/h5-16H,4,17H2,1-3H3,(H,28,30). The molecule has 1 N–H and O–H groups in total. The van der Waals surface area contributed by atoms with Crippen LogP contribution in [0.2, 0.25) is 0 Å². The fourth-order valence-electron chi connectivity index (χ4n) is 3.85. The number of fused-ring (bicyclic) bond motifs is 1. The van der Waals surface area contributed by atoms with E-state index in [0.717, 1.165) is 16.5 Å². The summed E-state index contributed by atoms with van der Waals surface area (Å²) < 4.78 is 11.0. The second kappa shape index (κ2) is 9.61. The second-order valence-electron chi connectivity index (χ2n) is 7.68. The summed E-state index contributed by atoms with van der Waals surface area (Å²) in [4.78, 5) is 31.2. The fourth-order valence-corrected chi connectivity index (χ4v) is 3.85. The summed E-state index contributed by atoms with van der Waals surface area (Å²) >= 11 is 0. The Labute approximate surface area is 192 Å². The number of H-pyrrole nitrogens is 1. The molecular weight excluding hydrogens is 416 g/mol. The van der Waals surface area contributed by atoms with E-state index < -0.39 is 0 Å². The SMILES string of the molecule is CCOc1ccc(N(Cc2cc3cccc(C)c3[nH]c2=O)C(=O)c2ccccc2OC)cc1. The zero-order valence-electron chi connectivity index (χ0n) is 18.9. The van der Waals surface area contributed by atoms with Crippen molar-refractivity contribution < 1.29 is 14.3 Å². The Morgan fingerprint density at radius 1 is 1.00 bits per heavy atom. The van der Waals surface area contributed by atoms with Gasteiger partial charge in [-0.05, 0) is 67.3 Å². The molecule has 168 valence electrons. The van der Waals surface area contributed by atoms with E-state index in [1.165, 1.54) is 7.11 Å². The average Bonchev–Trinajstić information content (AvgIpc) is 2.84. The Hall–Kier alpha value is -4.06. The van der Waals surface area contributed by atoms with E-state index in [1.54, 1.807) is 23.1 Å². The van der Waals surface area contributed by atoms with Gasteiger partial charge >= 0.3 is 0 Å². The highest BCUT2D eigenvalue weighted by atomic mass is 16.5. The zero-order valence-corrected chi connectivity index (χ0v) is 18.9. The summed E-state index contributed by atoms with van der Waals surface area (Å²) in [5.74, 6) is 0.923. The Bertz CT molecular complexity index is 1340. The van der Waals surface area contributed by atoms with Gasteiger partial charge in [-0.2, -0.15) is 0 Å². The number of nitrogens with one attached hydrogen (secondary N) is 1. The molecule has 0 spiro atoms. The lowest BCUT2D eigenvalue weighted by atomic mass is 10.1. The molecule has 0 unspecified atom stereocenters. The van der Waals surface area contributed by atoms with Crippen LogP contribution in [0.5, 0.6) is 11.5 Å². The van der Waals surface area contributed by atoms with Crippen LogP contribution in [0.25, 0.3) is 10.9 Å². The van der Waals surface area contributed by atoms with Crippen molar-refractivity contribution in [3.8, 4) is 11.5 Å². The number of aromatic amines is 1. The minimum absolute atomic E-state index is 0.101. The van der Waals surface area contributed by atoms with Crippen molar-refractivity contribution in [1.29, 1.82) is 0 Å². The van der Waals surface area contributed by atoms with E-state index in [1.807, 2.05) is 68.4 Å². The van der Waals surface area contributed by atoms with Gasteiger partial charge in [0.2, 0.25) is 0 Å². The van der Waals surface area contributed by atoms with Crippen molar-refractivity contribution in [3.05, 3.63) is 99.8 Å². The van der Waals surface area contributed by atoms with Gasteiger partial charge in [0.25, 0.3) is 11.5 Å². The van der Waals surface area contributed by atoms with Gasteiger partial charge < -0.3 is 19.4 Å². The molecule has 0 fully saturated rings. The van der Waals surface area contributed by atoms with Crippen LogP contribution in [-0.2, 0) is 6.54 Å². The maximum atomic E-state index is 13.7. The average molecular weight is 443 g/mol. The van der Waals surface area contributed by atoms with Gasteiger partial charge in [0, 0.05) is 11.3 Å². The largest absolute Gasteiger partial charge is 0.496 e. The summed E-state index contributed by atoms with van der Waals surface area (Å²) in [6.07, 6.45) is 0. The number of nitrogens with zero attached hydrogens (tertiary/aromatic N) is 1. The van der Waals surface area contributed by atoms with Gasteiger partial charge in [-0.25, -0.2) is 0 Å². The number of aromatic nitrogens is 1. The fraction of sp³-hybridized carbons (Fsp3) is 0.185. The molecule has 4 rings (SSSR count). The molecule has 4 aromatic rings. The Balaban J connectivity index is 1.79. The van der Waals surface area contributed by atoms with Crippen LogP contribution >= 0.6 is 0 Å². The molecule has 33 heavy (non-hydrogen) atoms. The first kappa shape index (κ1) is 22.1. The zero-order chi connectivity index (χ0) is 23.4. The molecule has 0 radical (unpaired) electrons. The molecule has 1 aromatic heterocycles. The van der Waals surface area contributed by atoms with E-state index >= 15 is 0 Å². The number of pyridine rings is 1. The lowest BCUT2D eigenvalue weighted by Gasteiger charge is -2.24. The topological polar surface area (TPSA) is 71.6 Å². The number of amides is 1. The van der Waals surface area contributed by atoms with Crippen molar-refractivity contribution in [2.24, 2.45) is 0 Å². The number of ether oxygens (including phenoxy) is 2. The number of benzene rings is 3. The molecule has 0 atom stereocenters. The number of carbonyl (C=O) groups is 1. The van der Waals surface area contributed by atoms with Gasteiger partial charge in [-0.1, -0.05) is 30.3 Å². The minimum atomic E-state index is -0.264. The molecule has 6 heteroatoms. The summed E-state index contributed by atoms with van der Waals surface area (Å²) in [6, 6.07) is 22.0. The molecule has 6 nitrogen and oxygen atoms in total. The quantitative estimate of drug-likeness (QED) is 0.433. The Kier molecular flexibility index (Phi) is 6.45. The molecule has 0 saturated carbocycles. The first-order chi connectivity index (χ1) is 16.0. The van der Waals surface area contributed by atoms with E-state index in [-0.39, 0.29) is 18.0 Å². The molecule has 1 heterocycles. The highest BCUT2D eigenvalue weighted by Crippen LogP contribution is 2.27. The highest BCUT2D eigenvalue weighted by molar-refractivity contribution is 6.07. The summed E-state index contributed by atoms with van der Waals surface area (Å²) in [5.41, 5.74) is 3.13. The van der Waals surface area contributed by atoms with Crippen LogP contribution in [-0.4, -0.2) is 24.6 Å². The lowest BCUT2D eigenvalue weighted by Crippen LogP contribution is -2.33. The number of hydrogen-bond donors (Lipinski definition) is 1. The summed E-state index contributed by atoms with van der Waals surface area (Å²) in [5, 5.41) is 0.918. The number of anilines is 1. The van der Waals surface area contributed by atoms with E-state index in [0.29, 0.717) is 34.9 Å². The maximum Gasteiger partial charge on any atom is 0.262 e. The van der Waals surface area contributed by atoms with Crippen molar-refractivity contribution in [1.82, 2.24) is 4.98 Å². The van der Waals surface area contributed by atoms with Crippen LogP contribution in [0, 0.1) is 6.92 Å². The molecule has 0 saturated heterocycles. The minimum Gasteiger partial charge on any atom is -0.496 e. The maximum absolute atomic E-state index is 13.7. The van der Waals surface area contributed by atoms with Crippen LogP contribution in [0.3, 0.4) is 0 Å². The van der Waals surface area contributed by atoms with E-state index in [9.17, 15) is 9.59 Å². The summed E-state index contributed by atoms with van der Waals surface area (Å²) in [6.45, 7) is 4.52. The van der Waals surface area contributed by atoms with Crippen molar-refractivity contribution in [2.75, 3.05) is 18.6 Å². The Morgan fingerprint density at radius 3 is 2.48 bits per heavy atom. The van der Waals surface area contributed by atoms with Crippen molar-refractivity contribution >= 4 is 22.5 Å². The number of aryl methyl sites for hydroxylation is 1. The lowest BCUT2D eigenvalue weighted by molar-refractivity contribution is 0.0982. The molecule has 1 amide bonds. The highest BCUT2D eigenvalue weighted by Gasteiger charge is 2.23. The number of para-hydroxylation sites is 2. The number of methoxy groups -OCH3 is 1. The third-order valence-corrected chi connectivity index (χ3v) is 5.54. The molecule has 0 aliphatic heterocycles. The van der Waals surface area contributed by atoms with Gasteiger partial charge in [0.1, 0.15) is 11.5 Å². The normalized spacial score (nSPS) is 10.8. The Morgan fingerprint density at radius 2 is 1.76 bits per heavy atom. The molecular formula is C27H26N2O4. The van der Waals surface area contributed by atoms with Gasteiger partial charge in [-0.3, -0.25) is 9.59 Å². The van der Waals surface area contributed by atoms with Gasteiger partial charge in [-0.15, -0.1) is 0 Å². The first-order valence-corrected chi connectivity index (χ1v) is 10.8. The molecule has 0 aliphatic rings. The third kappa shape index (κ3) is 4.60.